The van der Waals surface area contributed by atoms with Gasteiger partial charge in [-0.1, -0.05) is 0 Å². The summed E-state index contributed by atoms with van der Waals surface area (Å²) in [6.07, 6.45) is 3.91. The normalized spacial score (nSPS) is 23.8. The van der Waals surface area contributed by atoms with Crippen molar-refractivity contribution in [2.75, 3.05) is 23.4 Å². The van der Waals surface area contributed by atoms with Crippen LogP contribution in [0.15, 0.2) is 12.4 Å². The minimum atomic E-state index is -0.492. The highest BCUT2D eigenvalue weighted by molar-refractivity contribution is 5.82. The van der Waals surface area contributed by atoms with E-state index in [-0.39, 0.29) is 5.91 Å². The molecule has 0 bridgehead atoms. The Morgan fingerprint density at radius 2 is 2.35 bits per heavy atom. The Labute approximate surface area is 99.2 Å². The number of amides is 1. The van der Waals surface area contributed by atoms with E-state index in [0.29, 0.717) is 18.2 Å². The molecule has 7 nitrogen and oxygen atoms in total. The van der Waals surface area contributed by atoms with Crippen molar-refractivity contribution < 1.29 is 4.79 Å². The highest BCUT2D eigenvalue weighted by Crippen LogP contribution is 2.31. The molecule has 17 heavy (non-hydrogen) atoms. The standard InChI is InChI=1S/C10H16N6O/c1-10(9(11)17)2-3-16(6-10)8-5-13-4-7(14-8)15-12/h4-5H,2-3,6,12H2,1H3,(H2,11,17)(H,14,15). The van der Waals surface area contributed by atoms with Crippen molar-refractivity contribution in [3.63, 3.8) is 0 Å². The molecule has 92 valence electrons. The van der Waals surface area contributed by atoms with Crippen LogP contribution >= 0.6 is 0 Å². The first kappa shape index (κ1) is 11.6. The molecule has 5 N–H and O–H groups in total. The zero-order chi connectivity index (χ0) is 12.5. The van der Waals surface area contributed by atoms with Crippen LogP contribution in [0, 0.1) is 5.41 Å². The summed E-state index contributed by atoms with van der Waals surface area (Å²) in [6, 6.07) is 0. The number of carbonyl (C=O) groups is 1. The Morgan fingerprint density at radius 1 is 1.59 bits per heavy atom. The number of primary amides is 1. The molecule has 0 spiro atoms. The zero-order valence-electron chi connectivity index (χ0n) is 9.68. The molecule has 0 saturated carbocycles. The van der Waals surface area contributed by atoms with E-state index in [4.69, 9.17) is 11.6 Å². The van der Waals surface area contributed by atoms with Crippen molar-refractivity contribution in [3.8, 4) is 0 Å². The van der Waals surface area contributed by atoms with Crippen LogP contribution in [0.4, 0.5) is 11.6 Å². The fourth-order valence-electron chi connectivity index (χ4n) is 1.94. The fourth-order valence-corrected chi connectivity index (χ4v) is 1.94. The van der Waals surface area contributed by atoms with Crippen molar-refractivity contribution in [2.45, 2.75) is 13.3 Å². The van der Waals surface area contributed by atoms with Gasteiger partial charge in [0.25, 0.3) is 0 Å². The number of hydrazine groups is 1. The zero-order valence-corrected chi connectivity index (χ0v) is 9.68. The maximum atomic E-state index is 11.4. The predicted octanol–water partition coefficient (Wildman–Crippen LogP) is -0.536. The molecule has 0 aliphatic carbocycles. The molecule has 1 unspecified atom stereocenters. The molecular weight excluding hydrogens is 220 g/mol. The number of nitrogens with one attached hydrogen (secondary N) is 1. The van der Waals surface area contributed by atoms with Crippen LogP contribution < -0.4 is 21.9 Å². The number of hydrogen-bond donors (Lipinski definition) is 3. The monoisotopic (exact) mass is 236 g/mol. The van der Waals surface area contributed by atoms with Gasteiger partial charge in [-0.15, -0.1) is 0 Å². The Kier molecular flexibility index (Phi) is 2.84. The van der Waals surface area contributed by atoms with Gasteiger partial charge in [-0.05, 0) is 13.3 Å². The molecule has 1 aliphatic heterocycles. The van der Waals surface area contributed by atoms with Gasteiger partial charge in [0.1, 0.15) is 5.82 Å². The van der Waals surface area contributed by atoms with Crippen LogP contribution in [0.2, 0.25) is 0 Å². The van der Waals surface area contributed by atoms with E-state index in [1.54, 1.807) is 6.20 Å². The third-order valence-electron chi connectivity index (χ3n) is 3.16. The SMILES string of the molecule is CC1(C(N)=O)CCN(c2cncc(NN)n2)C1. The van der Waals surface area contributed by atoms with Gasteiger partial charge in [-0.25, -0.2) is 10.8 Å². The first-order valence-electron chi connectivity index (χ1n) is 5.39. The van der Waals surface area contributed by atoms with Gasteiger partial charge >= 0.3 is 0 Å². The topological polar surface area (TPSA) is 110 Å². The highest BCUT2D eigenvalue weighted by Gasteiger charge is 2.39. The molecule has 0 aromatic carbocycles. The quantitative estimate of drug-likeness (QED) is 0.480. The summed E-state index contributed by atoms with van der Waals surface area (Å²) in [5, 5.41) is 0. The van der Waals surface area contributed by atoms with Crippen LogP contribution in [0.5, 0.6) is 0 Å². The van der Waals surface area contributed by atoms with E-state index in [2.05, 4.69) is 15.4 Å². The fraction of sp³-hybridized carbons (Fsp3) is 0.500. The molecule has 1 amide bonds. The molecule has 2 rings (SSSR count). The molecule has 1 fully saturated rings. The number of carbonyl (C=O) groups excluding carboxylic acids is 1. The number of nitrogens with zero attached hydrogens (tertiary/aromatic N) is 3. The second-order valence-electron chi connectivity index (χ2n) is 4.50. The van der Waals surface area contributed by atoms with E-state index in [1.165, 1.54) is 6.20 Å². The van der Waals surface area contributed by atoms with Crippen LogP contribution in [-0.4, -0.2) is 29.0 Å². The predicted molar refractivity (Wildman–Crippen MR) is 64.0 cm³/mol. The van der Waals surface area contributed by atoms with Gasteiger partial charge in [0.15, 0.2) is 5.82 Å². The van der Waals surface area contributed by atoms with E-state index >= 15 is 0 Å². The van der Waals surface area contributed by atoms with E-state index in [9.17, 15) is 4.79 Å². The van der Waals surface area contributed by atoms with Crippen LogP contribution in [0.1, 0.15) is 13.3 Å². The molecular formula is C10H16N6O. The lowest BCUT2D eigenvalue weighted by atomic mass is 9.89. The Bertz CT molecular complexity index is 437. The number of rotatable bonds is 3. The Hall–Kier alpha value is -1.89. The van der Waals surface area contributed by atoms with Gasteiger partial charge in [0.05, 0.1) is 17.8 Å². The van der Waals surface area contributed by atoms with Crippen LogP contribution in [0.3, 0.4) is 0 Å². The number of nitrogen functional groups attached to an aromatic ring is 1. The first-order valence-corrected chi connectivity index (χ1v) is 5.39. The van der Waals surface area contributed by atoms with Crippen LogP contribution in [0.25, 0.3) is 0 Å². The largest absolute Gasteiger partial charge is 0.369 e. The van der Waals surface area contributed by atoms with Crippen molar-refractivity contribution in [1.29, 1.82) is 0 Å². The summed E-state index contributed by atoms with van der Waals surface area (Å²) in [6.45, 7) is 3.17. The maximum absolute atomic E-state index is 11.4. The summed E-state index contributed by atoms with van der Waals surface area (Å²) < 4.78 is 0. The minimum absolute atomic E-state index is 0.277. The summed E-state index contributed by atoms with van der Waals surface area (Å²) in [7, 11) is 0. The van der Waals surface area contributed by atoms with Gasteiger partial charge in [-0.2, -0.15) is 0 Å². The summed E-state index contributed by atoms with van der Waals surface area (Å²) in [4.78, 5) is 21.6. The third kappa shape index (κ3) is 2.14. The second kappa shape index (κ2) is 4.17. The summed E-state index contributed by atoms with van der Waals surface area (Å²) in [5.41, 5.74) is 7.34. The highest BCUT2D eigenvalue weighted by atomic mass is 16.1. The number of nitrogens with two attached hydrogens (primary N) is 2. The van der Waals surface area contributed by atoms with Crippen molar-refractivity contribution >= 4 is 17.5 Å². The van der Waals surface area contributed by atoms with E-state index < -0.39 is 5.41 Å². The van der Waals surface area contributed by atoms with Crippen molar-refractivity contribution in [3.05, 3.63) is 12.4 Å². The average Bonchev–Trinajstić information content (AvgIpc) is 2.74. The van der Waals surface area contributed by atoms with Gasteiger partial charge in [0, 0.05) is 13.1 Å². The Balaban J connectivity index is 2.17. The van der Waals surface area contributed by atoms with Gasteiger partial charge in [0.2, 0.25) is 5.91 Å². The first-order chi connectivity index (χ1) is 8.05. The second-order valence-corrected chi connectivity index (χ2v) is 4.50. The molecule has 2 heterocycles. The number of hydrogen-bond acceptors (Lipinski definition) is 6. The third-order valence-corrected chi connectivity index (χ3v) is 3.16. The van der Waals surface area contributed by atoms with Crippen molar-refractivity contribution in [2.24, 2.45) is 17.0 Å². The summed E-state index contributed by atoms with van der Waals surface area (Å²) >= 11 is 0. The number of anilines is 2. The molecule has 7 heteroatoms. The lowest BCUT2D eigenvalue weighted by Crippen LogP contribution is -2.37. The van der Waals surface area contributed by atoms with E-state index in [0.717, 1.165) is 13.0 Å². The number of aromatic nitrogens is 2. The molecule has 1 atom stereocenters. The molecule has 1 aliphatic rings. The van der Waals surface area contributed by atoms with Crippen molar-refractivity contribution in [1.82, 2.24) is 9.97 Å². The van der Waals surface area contributed by atoms with Gasteiger partial charge in [-0.3, -0.25) is 9.78 Å². The maximum Gasteiger partial charge on any atom is 0.225 e. The average molecular weight is 236 g/mol. The lowest BCUT2D eigenvalue weighted by Gasteiger charge is -2.21. The molecule has 0 radical (unpaired) electrons. The Morgan fingerprint density at radius 3 is 2.94 bits per heavy atom. The molecule has 1 aromatic heterocycles. The van der Waals surface area contributed by atoms with Gasteiger partial charge < -0.3 is 16.1 Å². The molecule has 1 aromatic rings. The van der Waals surface area contributed by atoms with E-state index in [1.807, 2.05) is 11.8 Å². The summed E-state index contributed by atoms with van der Waals surface area (Å²) in [5.74, 6) is 6.19. The minimum Gasteiger partial charge on any atom is -0.369 e. The lowest BCUT2D eigenvalue weighted by molar-refractivity contribution is -0.125. The molecule has 1 saturated heterocycles. The smallest absolute Gasteiger partial charge is 0.225 e. The van der Waals surface area contributed by atoms with Crippen LogP contribution in [-0.2, 0) is 4.79 Å².